The zero-order chi connectivity index (χ0) is 17.2. The van der Waals surface area contributed by atoms with Crippen LogP contribution in [0.2, 0.25) is 0 Å². The Labute approximate surface area is 141 Å². The lowest BCUT2D eigenvalue weighted by Gasteiger charge is -2.19. The van der Waals surface area contributed by atoms with Crippen LogP contribution in [0.4, 0.5) is 5.69 Å². The number of benzene rings is 1. The van der Waals surface area contributed by atoms with Crippen LogP contribution in [0.3, 0.4) is 0 Å². The summed E-state index contributed by atoms with van der Waals surface area (Å²) < 4.78 is 27.5. The van der Waals surface area contributed by atoms with E-state index in [0.29, 0.717) is 13.0 Å². The van der Waals surface area contributed by atoms with Crippen LogP contribution in [-0.4, -0.2) is 25.9 Å². The Morgan fingerprint density at radius 3 is 2.75 bits per heavy atom. The molecule has 1 aromatic carbocycles. The number of sulfonamides is 1. The number of aryl methyl sites for hydroxylation is 1. The largest absolute Gasteiger partial charge is 0.312 e. The lowest BCUT2D eigenvalue weighted by atomic mass is 10.2. The minimum absolute atomic E-state index is 0.0865. The second-order valence-corrected chi connectivity index (χ2v) is 7.55. The van der Waals surface area contributed by atoms with Crippen LogP contribution in [0.5, 0.6) is 0 Å². The number of anilines is 1. The van der Waals surface area contributed by atoms with E-state index in [0.717, 1.165) is 23.2 Å². The highest BCUT2D eigenvalue weighted by Gasteiger charge is 2.24. The lowest BCUT2D eigenvalue weighted by Crippen LogP contribution is -2.26. The van der Waals surface area contributed by atoms with Crippen LogP contribution in [0.25, 0.3) is 0 Å². The maximum absolute atomic E-state index is 12.4. The third-order valence-electron chi connectivity index (χ3n) is 4.03. The Balaban J connectivity index is 1.78. The van der Waals surface area contributed by atoms with Crippen molar-refractivity contribution in [2.45, 2.75) is 31.2 Å². The molecule has 126 valence electrons. The molecule has 0 saturated carbocycles. The monoisotopic (exact) mass is 345 g/mol. The van der Waals surface area contributed by atoms with Gasteiger partial charge >= 0.3 is 0 Å². The van der Waals surface area contributed by atoms with Crippen molar-refractivity contribution in [1.29, 1.82) is 0 Å². The molecule has 0 aliphatic carbocycles. The minimum atomic E-state index is -3.62. The highest BCUT2D eigenvalue weighted by atomic mass is 32.2. The van der Waals surface area contributed by atoms with E-state index >= 15 is 0 Å². The molecule has 1 aromatic heterocycles. The number of rotatable bonds is 5. The molecule has 0 bridgehead atoms. The maximum Gasteiger partial charge on any atom is 0.240 e. The first-order chi connectivity index (χ1) is 11.5. The summed E-state index contributed by atoms with van der Waals surface area (Å²) in [5.74, 6) is 0.0865. The summed E-state index contributed by atoms with van der Waals surface area (Å²) in [6.45, 7) is 2.69. The minimum Gasteiger partial charge on any atom is -0.312 e. The molecule has 0 spiro atoms. The summed E-state index contributed by atoms with van der Waals surface area (Å²) >= 11 is 0. The average molecular weight is 345 g/mol. The molecule has 0 radical (unpaired) electrons. The van der Waals surface area contributed by atoms with Crippen LogP contribution < -0.4 is 9.62 Å². The number of nitrogens with zero attached hydrogens (tertiary/aromatic N) is 2. The second-order valence-electron chi connectivity index (χ2n) is 5.78. The average Bonchev–Trinajstić information content (AvgIpc) is 3.00. The van der Waals surface area contributed by atoms with Gasteiger partial charge in [0.15, 0.2) is 0 Å². The van der Waals surface area contributed by atoms with Crippen molar-refractivity contribution < 1.29 is 13.2 Å². The summed E-state index contributed by atoms with van der Waals surface area (Å²) in [6.07, 6.45) is 4.65. The molecule has 1 aliphatic rings. The Morgan fingerprint density at radius 1 is 1.29 bits per heavy atom. The van der Waals surface area contributed by atoms with Gasteiger partial charge in [-0.25, -0.2) is 13.1 Å². The zero-order valence-electron chi connectivity index (χ0n) is 13.4. The van der Waals surface area contributed by atoms with Gasteiger partial charge in [-0.2, -0.15) is 0 Å². The van der Waals surface area contributed by atoms with E-state index in [1.54, 1.807) is 41.6 Å². The van der Waals surface area contributed by atoms with Crippen molar-refractivity contribution in [3.05, 3.63) is 53.9 Å². The number of hydrogen-bond donors (Lipinski definition) is 1. The highest BCUT2D eigenvalue weighted by molar-refractivity contribution is 7.89. The number of carbonyl (C=O) groups is 1. The van der Waals surface area contributed by atoms with E-state index in [4.69, 9.17) is 0 Å². The van der Waals surface area contributed by atoms with E-state index in [9.17, 15) is 13.2 Å². The second kappa shape index (κ2) is 6.70. The Bertz CT molecular complexity index is 851. The lowest BCUT2D eigenvalue weighted by molar-refractivity contribution is -0.117. The third-order valence-corrected chi connectivity index (χ3v) is 5.43. The molecule has 1 N–H and O–H groups in total. The first-order valence-corrected chi connectivity index (χ1v) is 9.25. The van der Waals surface area contributed by atoms with Crippen molar-refractivity contribution in [1.82, 2.24) is 9.71 Å². The van der Waals surface area contributed by atoms with E-state index in [2.05, 4.69) is 9.71 Å². The third kappa shape index (κ3) is 3.47. The molecular formula is C17H19N3O3S. The van der Waals surface area contributed by atoms with Crippen LogP contribution in [-0.2, 0) is 21.4 Å². The normalized spacial score (nSPS) is 15.0. The van der Waals surface area contributed by atoms with Crippen LogP contribution in [0.15, 0.2) is 47.6 Å². The number of aromatic nitrogens is 1. The quantitative estimate of drug-likeness (QED) is 0.899. The van der Waals surface area contributed by atoms with Gasteiger partial charge in [-0.15, -0.1) is 0 Å². The van der Waals surface area contributed by atoms with Crippen LogP contribution in [0.1, 0.15) is 24.0 Å². The molecule has 1 aliphatic heterocycles. The summed E-state index contributed by atoms with van der Waals surface area (Å²) in [5.41, 5.74) is 2.34. The Hall–Kier alpha value is -2.25. The molecule has 1 fully saturated rings. The molecule has 6 nitrogen and oxygen atoms in total. The first kappa shape index (κ1) is 16.6. The highest BCUT2D eigenvalue weighted by Crippen LogP contribution is 2.27. The predicted molar refractivity (Wildman–Crippen MR) is 91.0 cm³/mol. The fourth-order valence-electron chi connectivity index (χ4n) is 2.77. The Kier molecular flexibility index (Phi) is 4.64. The smallest absolute Gasteiger partial charge is 0.240 e. The summed E-state index contributed by atoms with van der Waals surface area (Å²) in [6, 6.07) is 8.42. The van der Waals surface area contributed by atoms with Crippen molar-refractivity contribution in [3.63, 3.8) is 0 Å². The van der Waals surface area contributed by atoms with Gasteiger partial charge in [-0.05, 0) is 48.7 Å². The molecule has 2 aromatic rings. The fourth-order valence-corrected chi connectivity index (χ4v) is 3.87. The van der Waals surface area contributed by atoms with Crippen LogP contribution in [0, 0.1) is 6.92 Å². The molecule has 1 saturated heterocycles. The molecule has 7 heteroatoms. The maximum atomic E-state index is 12.4. The van der Waals surface area contributed by atoms with Crippen LogP contribution >= 0.6 is 0 Å². The van der Waals surface area contributed by atoms with Crippen molar-refractivity contribution in [2.24, 2.45) is 0 Å². The number of pyridine rings is 1. The van der Waals surface area contributed by atoms with Crippen molar-refractivity contribution in [3.8, 4) is 0 Å². The topological polar surface area (TPSA) is 79.4 Å². The molecule has 1 amide bonds. The molecule has 0 atom stereocenters. The van der Waals surface area contributed by atoms with Gasteiger partial charge in [-0.3, -0.25) is 9.78 Å². The van der Waals surface area contributed by atoms with Gasteiger partial charge in [0.25, 0.3) is 0 Å². The Morgan fingerprint density at radius 2 is 2.12 bits per heavy atom. The van der Waals surface area contributed by atoms with E-state index < -0.39 is 10.0 Å². The van der Waals surface area contributed by atoms with Gasteiger partial charge < -0.3 is 4.90 Å². The first-order valence-electron chi connectivity index (χ1n) is 7.77. The van der Waals surface area contributed by atoms with Gasteiger partial charge in [0.2, 0.25) is 15.9 Å². The summed E-state index contributed by atoms with van der Waals surface area (Å²) in [4.78, 5) is 17.7. The molecular weight excluding hydrogens is 326 g/mol. The number of nitrogens with one attached hydrogen (secondary N) is 1. The van der Waals surface area contributed by atoms with E-state index in [1.165, 1.54) is 0 Å². The fraction of sp³-hybridized carbons (Fsp3) is 0.294. The SMILES string of the molecule is Cc1cc(S(=O)(=O)NCc2cccnc2)ccc1N1CCCC1=O. The van der Waals surface area contributed by atoms with Gasteiger partial charge in [0.1, 0.15) is 0 Å². The van der Waals surface area contributed by atoms with Gasteiger partial charge in [0, 0.05) is 37.6 Å². The molecule has 3 rings (SSSR count). The van der Waals surface area contributed by atoms with Gasteiger partial charge in [-0.1, -0.05) is 6.07 Å². The predicted octanol–water partition coefficient (Wildman–Crippen LogP) is 2.00. The number of hydrogen-bond acceptors (Lipinski definition) is 4. The standard InChI is InChI=1S/C17H19N3O3S/c1-13-10-15(6-7-16(13)20-9-3-5-17(20)21)24(22,23)19-12-14-4-2-8-18-11-14/h2,4,6-8,10-11,19H,3,5,9,12H2,1H3. The molecule has 2 heterocycles. The summed E-state index contributed by atoms with van der Waals surface area (Å²) in [5, 5.41) is 0. The van der Waals surface area contributed by atoms with Gasteiger partial charge in [0.05, 0.1) is 4.90 Å². The summed E-state index contributed by atoms with van der Waals surface area (Å²) in [7, 11) is -3.62. The van der Waals surface area contributed by atoms with Crippen molar-refractivity contribution in [2.75, 3.05) is 11.4 Å². The van der Waals surface area contributed by atoms with E-state index in [-0.39, 0.29) is 17.3 Å². The molecule has 24 heavy (non-hydrogen) atoms. The zero-order valence-corrected chi connectivity index (χ0v) is 14.2. The number of carbonyl (C=O) groups excluding carboxylic acids is 1. The van der Waals surface area contributed by atoms with E-state index in [1.807, 2.05) is 13.0 Å². The van der Waals surface area contributed by atoms with Crippen molar-refractivity contribution >= 4 is 21.6 Å². The molecule has 0 unspecified atom stereocenters. The number of amides is 1.